The second-order valence-electron chi connectivity index (χ2n) is 5.67. The second-order valence-corrected chi connectivity index (χ2v) is 5.67. The van der Waals surface area contributed by atoms with Crippen molar-refractivity contribution in [3.63, 3.8) is 0 Å². The number of carbonyl (C=O) groups is 1. The first kappa shape index (κ1) is 13.5. The molecule has 3 nitrogen and oxygen atoms in total. The molecule has 1 aromatic rings. The molecule has 0 atom stereocenters. The molecule has 1 aliphatic carbocycles. The van der Waals surface area contributed by atoms with E-state index in [1.165, 1.54) is 18.9 Å². The van der Waals surface area contributed by atoms with Gasteiger partial charge in [0.1, 0.15) is 0 Å². The van der Waals surface area contributed by atoms with Gasteiger partial charge in [0.2, 0.25) is 0 Å². The normalized spacial score (nSPS) is 20.2. The molecule has 108 valence electrons. The largest absolute Gasteiger partial charge is 0.336 e. The summed E-state index contributed by atoms with van der Waals surface area (Å²) in [5.41, 5.74) is 0.222. The van der Waals surface area contributed by atoms with Gasteiger partial charge in [0.15, 0.2) is 11.6 Å². The van der Waals surface area contributed by atoms with Gasteiger partial charge in [-0.05, 0) is 37.0 Å². The molecular formula is C15H18F2N2O. The Hall–Kier alpha value is -1.49. The predicted octanol–water partition coefficient (Wildman–Crippen LogP) is 2.13. The molecule has 0 spiro atoms. The van der Waals surface area contributed by atoms with Crippen molar-refractivity contribution in [2.24, 2.45) is 5.92 Å². The zero-order valence-corrected chi connectivity index (χ0v) is 11.3. The smallest absolute Gasteiger partial charge is 0.254 e. The minimum atomic E-state index is -0.969. The molecule has 1 saturated heterocycles. The minimum absolute atomic E-state index is 0.213. The van der Waals surface area contributed by atoms with Crippen molar-refractivity contribution in [2.45, 2.75) is 12.8 Å². The van der Waals surface area contributed by atoms with Crippen LogP contribution in [0, 0.1) is 17.6 Å². The minimum Gasteiger partial charge on any atom is -0.336 e. The molecule has 2 fully saturated rings. The van der Waals surface area contributed by atoms with Crippen molar-refractivity contribution in [3.8, 4) is 0 Å². The van der Waals surface area contributed by atoms with Crippen LogP contribution in [-0.4, -0.2) is 48.4 Å². The average molecular weight is 280 g/mol. The lowest BCUT2D eigenvalue weighted by atomic mass is 10.1. The standard InChI is InChI=1S/C15H18F2N2O/c16-13-4-3-12(9-14(13)17)15(20)19-7-5-18(6-8-19)10-11-1-2-11/h3-4,9,11H,1-2,5-8,10H2. The van der Waals surface area contributed by atoms with Crippen LogP contribution < -0.4 is 0 Å². The average Bonchev–Trinajstić information content (AvgIpc) is 3.26. The summed E-state index contributed by atoms with van der Waals surface area (Å²) in [5.74, 6) is -1.25. The molecule has 3 rings (SSSR count). The molecule has 2 aliphatic rings. The monoisotopic (exact) mass is 280 g/mol. The molecule has 1 heterocycles. The fourth-order valence-electron chi connectivity index (χ4n) is 2.61. The molecule has 0 unspecified atom stereocenters. The van der Waals surface area contributed by atoms with E-state index in [0.717, 1.165) is 37.7 Å². The summed E-state index contributed by atoms with van der Waals surface area (Å²) in [4.78, 5) is 16.3. The van der Waals surface area contributed by atoms with Crippen molar-refractivity contribution < 1.29 is 13.6 Å². The molecule has 0 N–H and O–H groups in total. The molecule has 0 radical (unpaired) electrons. The van der Waals surface area contributed by atoms with E-state index in [2.05, 4.69) is 4.90 Å². The number of benzene rings is 1. The molecular weight excluding hydrogens is 262 g/mol. The van der Waals surface area contributed by atoms with Gasteiger partial charge in [-0.15, -0.1) is 0 Å². The van der Waals surface area contributed by atoms with E-state index in [9.17, 15) is 13.6 Å². The summed E-state index contributed by atoms with van der Waals surface area (Å²) in [6.07, 6.45) is 2.65. The molecule has 1 amide bonds. The lowest BCUT2D eigenvalue weighted by molar-refractivity contribution is 0.0631. The SMILES string of the molecule is O=C(c1ccc(F)c(F)c1)N1CCN(CC2CC2)CC1. The van der Waals surface area contributed by atoms with Crippen LogP contribution in [0.4, 0.5) is 8.78 Å². The third-order valence-electron chi connectivity index (χ3n) is 4.04. The van der Waals surface area contributed by atoms with Crippen LogP contribution in [0.1, 0.15) is 23.2 Å². The van der Waals surface area contributed by atoms with E-state index in [-0.39, 0.29) is 11.5 Å². The summed E-state index contributed by atoms with van der Waals surface area (Å²) in [7, 11) is 0. The number of carbonyl (C=O) groups excluding carboxylic acids is 1. The first-order chi connectivity index (χ1) is 9.63. The quantitative estimate of drug-likeness (QED) is 0.847. The molecule has 1 aromatic carbocycles. The van der Waals surface area contributed by atoms with Crippen LogP contribution in [0.2, 0.25) is 0 Å². The summed E-state index contributed by atoms with van der Waals surface area (Å²) in [5, 5.41) is 0. The highest BCUT2D eigenvalue weighted by Gasteiger charge is 2.28. The lowest BCUT2D eigenvalue weighted by Gasteiger charge is -2.34. The van der Waals surface area contributed by atoms with Gasteiger partial charge in [-0.3, -0.25) is 9.69 Å². The van der Waals surface area contributed by atoms with E-state index < -0.39 is 11.6 Å². The molecule has 20 heavy (non-hydrogen) atoms. The van der Waals surface area contributed by atoms with E-state index in [4.69, 9.17) is 0 Å². The maximum atomic E-state index is 13.2. The third kappa shape index (κ3) is 2.98. The topological polar surface area (TPSA) is 23.6 Å². The van der Waals surface area contributed by atoms with Crippen molar-refractivity contribution in [3.05, 3.63) is 35.4 Å². The highest BCUT2D eigenvalue weighted by Crippen LogP contribution is 2.30. The van der Waals surface area contributed by atoms with Crippen LogP contribution in [0.15, 0.2) is 18.2 Å². The third-order valence-corrected chi connectivity index (χ3v) is 4.04. The molecule has 5 heteroatoms. The van der Waals surface area contributed by atoms with Gasteiger partial charge >= 0.3 is 0 Å². The fourth-order valence-corrected chi connectivity index (χ4v) is 2.61. The molecule has 1 aliphatic heterocycles. The molecule has 1 saturated carbocycles. The van der Waals surface area contributed by atoms with Gasteiger partial charge in [0, 0.05) is 38.3 Å². The Labute approximate surface area is 117 Å². The Balaban J connectivity index is 1.58. The summed E-state index contributed by atoms with van der Waals surface area (Å²) in [6.45, 7) is 4.18. The zero-order valence-electron chi connectivity index (χ0n) is 11.3. The number of piperazine rings is 1. The molecule has 0 bridgehead atoms. The van der Waals surface area contributed by atoms with Crippen LogP contribution in [0.25, 0.3) is 0 Å². The van der Waals surface area contributed by atoms with E-state index in [1.807, 2.05) is 0 Å². The first-order valence-electron chi connectivity index (χ1n) is 7.10. The van der Waals surface area contributed by atoms with Crippen LogP contribution in [-0.2, 0) is 0 Å². The van der Waals surface area contributed by atoms with E-state index in [1.54, 1.807) is 4.90 Å². The van der Waals surface area contributed by atoms with Gasteiger partial charge in [-0.1, -0.05) is 0 Å². The highest BCUT2D eigenvalue weighted by molar-refractivity contribution is 5.94. The number of nitrogens with zero attached hydrogens (tertiary/aromatic N) is 2. The number of hydrogen-bond donors (Lipinski definition) is 0. The van der Waals surface area contributed by atoms with Crippen molar-refractivity contribution >= 4 is 5.91 Å². The maximum absolute atomic E-state index is 13.2. The van der Waals surface area contributed by atoms with Crippen molar-refractivity contribution in [1.82, 2.24) is 9.80 Å². The number of amides is 1. The Kier molecular flexibility index (Phi) is 3.70. The Morgan fingerprint density at radius 2 is 1.80 bits per heavy atom. The van der Waals surface area contributed by atoms with Gasteiger partial charge in [0.25, 0.3) is 5.91 Å². The van der Waals surface area contributed by atoms with Crippen molar-refractivity contribution in [1.29, 1.82) is 0 Å². The van der Waals surface area contributed by atoms with E-state index >= 15 is 0 Å². The Morgan fingerprint density at radius 3 is 2.40 bits per heavy atom. The van der Waals surface area contributed by atoms with Crippen molar-refractivity contribution in [2.75, 3.05) is 32.7 Å². The van der Waals surface area contributed by atoms with Gasteiger partial charge in [0.05, 0.1) is 0 Å². The Morgan fingerprint density at radius 1 is 1.10 bits per heavy atom. The highest BCUT2D eigenvalue weighted by atomic mass is 19.2. The number of hydrogen-bond acceptors (Lipinski definition) is 2. The zero-order chi connectivity index (χ0) is 14.1. The first-order valence-corrected chi connectivity index (χ1v) is 7.10. The predicted molar refractivity (Wildman–Crippen MR) is 71.4 cm³/mol. The second kappa shape index (κ2) is 5.48. The number of halogens is 2. The van der Waals surface area contributed by atoms with Gasteiger partial charge in [-0.2, -0.15) is 0 Å². The Bertz CT molecular complexity index is 509. The fraction of sp³-hybridized carbons (Fsp3) is 0.533. The van der Waals surface area contributed by atoms with Crippen LogP contribution in [0.5, 0.6) is 0 Å². The van der Waals surface area contributed by atoms with Gasteiger partial charge < -0.3 is 4.90 Å². The molecule has 0 aromatic heterocycles. The summed E-state index contributed by atoms with van der Waals surface area (Å²) in [6, 6.07) is 3.33. The lowest BCUT2D eigenvalue weighted by Crippen LogP contribution is -2.49. The number of rotatable bonds is 3. The van der Waals surface area contributed by atoms with Crippen LogP contribution >= 0.6 is 0 Å². The van der Waals surface area contributed by atoms with Gasteiger partial charge in [-0.25, -0.2) is 8.78 Å². The summed E-state index contributed by atoms with van der Waals surface area (Å²) >= 11 is 0. The van der Waals surface area contributed by atoms with Crippen LogP contribution in [0.3, 0.4) is 0 Å². The maximum Gasteiger partial charge on any atom is 0.254 e. The van der Waals surface area contributed by atoms with E-state index in [0.29, 0.717) is 13.1 Å². The summed E-state index contributed by atoms with van der Waals surface area (Å²) < 4.78 is 26.0.